The smallest absolute Gasteiger partial charge is 0.310 e. The molecule has 434 valence electrons. The van der Waals surface area contributed by atoms with Gasteiger partial charge in [0.25, 0.3) is 0 Å². The zero-order valence-electron chi connectivity index (χ0n) is 49.7. The zero-order chi connectivity index (χ0) is 55.7. The summed E-state index contributed by atoms with van der Waals surface area (Å²) in [6.45, 7) is 6.30. The molecule has 0 aliphatic heterocycles. The van der Waals surface area contributed by atoms with E-state index in [0.717, 1.165) is 116 Å². The quantitative estimate of drug-likeness (QED) is 0.0261. The minimum absolute atomic E-state index is 0.0939. The van der Waals surface area contributed by atoms with E-state index < -0.39 is 12.1 Å². The van der Waals surface area contributed by atoms with Crippen molar-refractivity contribution in [3.05, 3.63) is 146 Å². The first-order valence-corrected chi connectivity index (χ1v) is 31.3. The van der Waals surface area contributed by atoms with E-state index in [1.54, 1.807) is 6.08 Å². The Morgan fingerprint density at radius 1 is 0.286 bits per heavy atom. The van der Waals surface area contributed by atoms with Crippen LogP contribution in [0.5, 0.6) is 0 Å². The minimum Gasteiger partial charge on any atom is -0.462 e. The first-order chi connectivity index (χ1) is 38.0. The number of carbonyl (C=O) groups excluding carboxylic acids is 3. The SMILES string of the molecule is CC/C=C\C/C=C\C/C=C\C/C=C\C/C=C\C/C=C\C/C=C\CCCCCCCCCCCCCCCC(=O)OCC(COC(=O)CCCCCCCCCCC)OC(=O)C/C=C\C/C=C\C/C=C\C/C=C\C/C=C\CC. The Hall–Kier alpha value is -4.71. The largest absolute Gasteiger partial charge is 0.462 e. The van der Waals surface area contributed by atoms with E-state index in [1.807, 2.05) is 6.08 Å². The standard InChI is InChI=1S/C71H114O6/c1-4-7-10-13-16-19-21-23-25-26-27-28-29-30-31-32-33-34-35-36-37-38-39-40-41-42-43-44-46-47-49-52-55-58-61-64-70(73)76-67-68(66-75-69(72)63-60-57-54-51-18-15-12-9-6-3)77-71(74)65-62-59-56-53-50-48-45-24-22-20-17-14-11-8-5-2/h7-8,10-11,16-17,19-20,23-25,27-28,30-31,33-34,36-37,45,50,53,59,62,68H,4-6,9,12-15,18,21-22,26,29,32,35,38-44,46-49,51-52,54-58,60-61,63-67H2,1-3H3/b10-7-,11-8-,19-16-,20-17-,25-23-,28-27-,31-30-,34-33-,37-36-,45-24-,53-50-,62-59-. The maximum Gasteiger partial charge on any atom is 0.310 e. The van der Waals surface area contributed by atoms with Crippen molar-refractivity contribution in [2.75, 3.05) is 13.2 Å². The van der Waals surface area contributed by atoms with Crippen LogP contribution in [0.4, 0.5) is 0 Å². The Morgan fingerprint density at radius 2 is 0.545 bits per heavy atom. The fourth-order valence-corrected chi connectivity index (χ4v) is 8.26. The summed E-state index contributed by atoms with van der Waals surface area (Å²) in [6.07, 6.45) is 91.9. The van der Waals surface area contributed by atoms with E-state index >= 15 is 0 Å². The highest BCUT2D eigenvalue weighted by Crippen LogP contribution is 2.15. The summed E-state index contributed by atoms with van der Waals surface area (Å²) in [5.74, 6) is -1.05. The lowest BCUT2D eigenvalue weighted by Gasteiger charge is -2.18. The van der Waals surface area contributed by atoms with Crippen LogP contribution in [0.2, 0.25) is 0 Å². The molecule has 0 aliphatic carbocycles. The second-order valence-electron chi connectivity index (χ2n) is 20.2. The van der Waals surface area contributed by atoms with Gasteiger partial charge in [0.1, 0.15) is 13.2 Å². The number of unbranched alkanes of at least 4 members (excludes halogenated alkanes) is 21. The number of ether oxygens (including phenoxy) is 3. The third-order valence-corrected chi connectivity index (χ3v) is 12.9. The van der Waals surface area contributed by atoms with E-state index in [1.165, 1.54) is 109 Å². The Labute approximate surface area is 474 Å². The summed E-state index contributed by atoms with van der Waals surface area (Å²) in [5, 5.41) is 0. The molecule has 6 heteroatoms. The highest BCUT2D eigenvalue weighted by Gasteiger charge is 2.19. The molecule has 0 amide bonds. The van der Waals surface area contributed by atoms with Crippen molar-refractivity contribution < 1.29 is 28.6 Å². The van der Waals surface area contributed by atoms with Gasteiger partial charge < -0.3 is 14.2 Å². The van der Waals surface area contributed by atoms with E-state index in [4.69, 9.17) is 14.2 Å². The maximum absolute atomic E-state index is 12.8. The van der Waals surface area contributed by atoms with Gasteiger partial charge in [0.15, 0.2) is 6.10 Å². The van der Waals surface area contributed by atoms with Gasteiger partial charge in [0.05, 0.1) is 6.42 Å². The van der Waals surface area contributed by atoms with Gasteiger partial charge in [-0.3, -0.25) is 14.4 Å². The lowest BCUT2D eigenvalue weighted by Crippen LogP contribution is -2.30. The summed E-state index contributed by atoms with van der Waals surface area (Å²) in [7, 11) is 0. The Balaban J connectivity index is 4.17. The molecule has 0 rings (SSSR count). The van der Waals surface area contributed by atoms with Crippen molar-refractivity contribution in [1.82, 2.24) is 0 Å². The molecule has 0 aliphatic rings. The van der Waals surface area contributed by atoms with Crippen molar-refractivity contribution in [2.24, 2.45) is 0 Å². The van der Waals surface area contributed by atoms with Gasteiger partial charge in [0, 0.05) is 12.8 Å². The van der Waals surface area contributed by atoms with Crippen LogP contribution in [0.25, 0.3) is 0 Å². The second kappa shape index (κ2) is 63.8. The molecule has 0 aromatic heterocycles. The van der Waals surface area contributed by atoms with Gasteiger partial charge in [-0.1, -0.05) is 289 Å². The van der Waals surface area contributed by atoms with Gasteiger partial charge in [-0.05, 0) is 103 Å². The number of rotatable bonds is 55. The molecule has 0 N–H and O–H groups in total. The highest BCUT2D eigenvalue weighted by atomic mass is 16.6. The molecular formula is C71H114O6. The molecule has 0 radical (unpaired) electrons. The third kappa shape index (κ3) is 62.0. The van der Waals surface area contributed by atoms with Crippen LogP contribution in [-0.4, -0.2) is 37.2 Å². The molecule has 0 aromatic rings. The average molecular weight is 1060 g/mol. The van der Waals surface area contributed by atoms with Gasteiger partial charge in [-0.25, -0.2) is 0 Å². The number of allylic oxidation sites excluding steroid dienone is 23. The normalized spacial score (nSPS) is 13.1. The Bertz CT molecular complexity index is 1700. The molecular weight excluding hydrogens is 949 g/mol. The predicted octanol–water partition coefficient (Wildman–Crippen LogP) is 21.5. The van der Waals surface area contributed by atoms with Crippen molar-refractivity contribution in [3.8, 4) is 0 Å². The van der Waals surface area contributed by atoms with E-state index in [2.05, 4.69) is 154 Å². The zero-order valence-corrected chi connectivity index (χ0v) is 49.7. The monoisotopic (exact) mass is 1060 g/mol. The summed E-state index contributed by atoms with van der Waals surface area (Å²) < 4.78 is 16.7. The van der Waals surface area contributed by atoms with Crippen molar-refractivity contribution in [1.29, 1.82) is 0 Å². The highest BCUT2D eigenvalue weighted by molar-refractivity contribution is 5.72. The summed E-state index contributed by atoms with van der Waals surface area (Å²) in [4.78, 5) is 38.0. The first kappa shape index (κ1) is 72.3. The van der Waals surface area contributed by atoms with Crippen molar-refractivity contribution in [3.63, 3.8) is 0 Å². The van der Waals surface area contributed by atoms with Crippen LogP contribution in [-0.2, 0) is 28.6 Å². The van der Waals surface area contributed by atoms with Crippen LogP contribution in [0.15, 0.2) is 146 Å². The molecule has 0 saturated heterocycles. The summed E-state index contributed by atoms with van der Waals surface area (Å²) >= 11 is 0. The fourth-order valence-electron chi connectivity index (χ4n) is 8.26. The molecule has 6 nitrogen and oxygen atoms in total. The fraction of sp³-hybridized carbons (Fsp3) is 0.620. The topological polar surface area (TPSA) is 78.9 Å². The van der Waals surface area contributed by atoms with Gasteiger partial charge in [-0.2, -0.15) is 0 Å². The van der Waals surface area contributed by atoms with Gasteiger partial charge in [-0.15, -0.1) is 0 Å². The van der Waals surface area contributed by atoms with E-state index in [0.29, 0.717) is 12.8 Å². The number of esters is 3. The Morgan fingerprint density at radius 3 is 0.857 bits per heavy atom. The molecule has 0 saturated carbocycles. The molecule has 0 aromatic carbocycles. The third-order valence-electron chi connectivity index (χ3n) is 12.9. The molecule has 1 unspecified atom stereocenters. The van der Waals surface area contributed by atoms with Gasteiger partial charge in [0.2, 0.25) is 0 Å². The van der Waals surface area contributed by atoms with Crippen molar-refractivity contribution >= 4 is 17.9 Å². The molecule has 77 heavy (non-hydrogen) atoms. The van der Waals surface area contributed by atoms with Gasteiger partial charge >= 0.3 is 17.9 Å². The predicted molar refractivity (Wildman–Crippen MR) is 334 cm³/mol. The lowest BCUT2D eigenvalue weighted by molar-refractivity contribution is -0.166. The first-order valence-electron chi connectivity index (χ1n) is 31.3. The number of hydrogen-bond donors (Lipinski definition) is 0. The van der Waals surface area contributed by atoms with Crippen LogP contribution >= 0.6 is 0 Å². The number of hydrogen-bond acceptors (Lipinski definition) is 6. The van der Waals surface area contributed by atoms with Crippen molar-refractivity contribution in [2.45, 2.75) is 271 Å². The van der Waals surface area contributed by atoms with Crippen LogP contribution in [0.3, 0.4) is 0 Å². The van der Waals surface area contributed by atoms with Crippen LogP contribution in [0.1, 0.15) is 265 Å². The Kier molecular flexibility index (Phi) is 59.9. The van der Waals surface area contributed by atoms with Crippen LogP contribution < -0.4 is 0 Å². The minimum atomic E-state index is -0.834. The van der Waals surface area contributed by atoms with E-state index in [9.17, 15) is 14.4 Å². The molecule has 1 atom stereocenters. The molecule has 0 bridgehead atoms. The number of carbonyl (C=O) groups is 3. The molecule has 0 spiro atoms. The second-order valence-corrected chi connectivity index (χ2v) is 20.2. The summed E-state index contributed by atoms with van der Waals surface area (Å²) in [5.41, 5.74) is 0. The summed E-state index contributed by atoms with van der Waals surface area (Å²) in [6, 6.07) is 0. The molecule has 0 heterocycles. The van der Waals surface area contributed by atoms with Crippen LogP contribution in [0, 0.1) is 0 Å². The maximum atomic E-state index is 12.8. The average Bonchev–Trinajstić information content (AvgIpc) is 3.43. The van der Waals surface area contributed by atoms with E-state index in [-0.39, 0.29) is 31.6 Å². The lowest BCUT2D eigenvalue weighted by atomic mass is 10.0. The molecule has 0 fully saturated rings.